The van der Waals surface area contributed by atoms with Crippen molar-refractivity contribution in [2.24, 2.45) is 5.14 Å². The quantitative estimate of drug-likeness (QED) is 0.624. The first-order valence-corrected chi connectivity index (χ1v) is 8.11. The topological polar surface area (TPSA) is 101 Å². The van der Waals surface area contributed by atoms with Gasteiger partial charge in [-0.05, 0) is 37.2 Å². The summed E-state index contributed by atoms with van der Waals surface area (Å²) in [5, 5.41) is 10.7. The van der Waals surface area contributed by atoms with E-state index in [1.165, 1.54) is 24.3 Å². The van der Waals surface area contributed by atoms with Crippen LogP contribution in [0.4, 0.5) is 5.69 Å². The van der Waals surface area contributed by atoms with Crippen LogP contribution in [0.15, 0.2) is 29.2 Å². The van der Waals surface area contributed by atoms with E-state index < -0.39 is 10.0 Å². The highest BCUT2D eigenvalue weighted by atomic mass is 32.2. The summed E-state index contributed by atoms with van der Waals surface area (Å²) in [6, 6.07) is 5.74. The number of benzene rings is 1. The summed E-state index contributed by atoms with van der Waals surface area (Å²) in [7, 11) is -3.70. The predicted molar refractivity (Wildman–Crippen MR) is 78.8 cm³/mol. The Bertz CT molecular complexity index is 526. The van der Waals surface area contributed by atoms with Crippen LogP contribution in [0.2, 0.25) is 0 Å². The molecular formula is C13H21N3O3S. The molecule has 0 bridgehead atoms. The van der Waals surface area contributed by atoms with E-state index >= 15 is 0 Å². The van der Waals surface area contributed by atoms with Gasteiger partial charge in [-0.1, -0.05) is 19.8 Å². The minimum absolute atomic E-state index is 0.0215. The normalized spacial score (nSPS) is 11.3. The number of anilines is 1. The zero-order valence-electron chi connectivity index (χ0n) is 11.6. The number of hydrogen-bond donors (Lipinski definition) is 3. The number of nitrogens with one attached hydrogen (secondary N) is 2. The van der Waals surface area contributed by atoms with Crippen LogP contribution in [0.25, 0.3) is 0 Å². The van der Waals surface area contributed by atoms with E-state index in [0.717, 1.165) is 25.8 Å². The van der Waals surface area contributed by atoms with E-state index in [2.05, 4.69) is 17.6 Å². The maximum absolute atomic E-state index is 11.6. The molecule has 0 saturated heterocycles. The Morgan fingerprint density at radius 3 is 2.40 bits per heavy atom. The number of primary sulfonamides is 1. The fourth-order valence-corrected chi connectivity index (χ4v) is 2.15. The van der Waals surface area contributed by atoms with Crippen LogP contribution in [0.5, 0.6) is 0 Å². The summed E-state index contributed by atoms with van der Waals surface area (Å²) in [6.45, 7) is 3.17. The molecule has 0 unspecified atom stereocenters. The first kappa shape index (κ1) is 16.6. The highest BCUT2D eigenvalue weighted by Gasteiger charge is 2.07. The lowest BCUT2D eigenvalue weighted by atomic mass is 10.2. The molecule has 0 aliphatic heterocycles. The van der Waals surface area contributed by atoms with Gasteiger partial charge in [-0.3, -0.25) is 4.79 Å². The number of nitrogens with two attached hydrogens (primary N) is 1. The molecule has 0 aromatic heterocycles. The van der Waals surface area contributed by atoms with Gasteiger partial charge in [0.1, 0.15) is 0 Å². The standard InChI is InChI=1S/C13H21N3O3S/c1-2-3-4-9-15-10-13(17)16-11-5-7-12(8-6-11)20(14,18)19/h5-8,15H,2-4,9-10H2,1H3,(H,16,17)(H2,14,18,19). The van der Waals surface area contributed by atoms with Crippen LogP contribution in [0, 0.1) is 0 Å². The molecule has 1 aromatic carbocycles. The van der Waals surface area contributed by atoms with Gasteiger partial charge in [0.25, 0.3) is 0 Å². The third-order valence-corrected chi connectivity index (χ3v) is 3.64. The molecule has 7 heteroatoms. The van der Waals surface area contributed by atoms with Gasteiger partial charge in [0, 0.05) is 5.69 Å². The molecule has 0 atom stereocenters. The zero-order chi connectivity index (χ0) is 15.0. The maximum atomic E-state index is 11.6. The summed E-state index contributed by atoms with van der Waals surface area (Å²) in [5.41, 5.74) is 0.540. The molecule has 0 heterocycles. The second-order valence-corrected chi connectivity index (χ2v) is 6.06. The van der Waals surface area contributed by atoms with Crippen molar-refractivity contribution in [2.75, 3.05) is 18.4 Å². The van der Waals surface area contributed by atoms with Gasteiger partial charge in [-0.2, -0.15) is 0 Å². The van der Waals surface area contributed by atoms with Crippen molar-refractivity contribution in [3.63, 3.8) is 0 Å². The number of carbonyl (C=O) groups excluding carboxylic acids is 1. The van der Waals surface area contributed by atoms with Crippen LogP contribution < -0.4 is 15.8 Å². The van der Waals surface area contributed by atoms with E-state index in [4.69, 9.17) is 5.14 Å². The molecule has 0 radical (unpaired) electrons. The number of unbranched alkanes of at least 4 members (excludes halogenated alkanes) is 2. The minimum atomic E-state index is -3.70. The number of rotatable bonds is 8. The van der Waals surface area contributed by atoms with Gasteiger partial charge < -0.3 is 10.6 Å². The predicted octanol–water partition coefficient (Wildman–Crippen LogP) is 1.05. The number of hydrogen-bond acceptors (Lipinski definition) is 4. The molecule has 0 aliphatic rings. The molecule has 1 amide bonds. The SMILES string of the molecule is CCCCCNCC(=O)Nc1ccc(S(N)(=O)=O)cc1. The Morgan fingerprint density at radius 2 is 1.85 bits per heavy atom. The van der Waals surface area contributed by atoms with Crippen molar-refractivity contribution in [1.82, 2.24) is 5.32 Å². The van der Waals surface area contributed by atoms with Crippen LogP contribution in [0.3, 0.4) is 0 Å². The second kappa shape index (κ2) is 7.98. The lowest BCUT2D eigenvalue weighted by Crippen LogP contribution is -2.28. The Morgan fingerprint density at radius 1 is 1.20 bits per heavy atom. The molecule has 4 N–H and O–H groups in total. The lowest BCUT2D eigenvalue weighted by Gasteiger charge is -2.07. The Hall–Kier alpha value is -1.44. The fourth-order valence-electron chi connectivity index (χ4n) is 1.64. The first-order valence-electron chi connectivity index (χ1n) is 6.57. The molecule has 0 aliphatic carbocycles. The molecule has 1 aromatic rings. The average Bonchev–Trinajstić information content (AvgIpc) is 2.38. The summed E-state index contributed by atoms with van der Waals surface area (Å²) in [6.07, 6.45) is 3.33. The van der Waals surface area contributed by atoms with Gasteiger partial charge in [0.15, 0.2) is 0 Å². The summed E-state index contributed by atoms with van der Waals surface area (Å²) in [4.78, 5) is 11.6. The molecule has 0 spiro atoms. The third kappa shape index (κ3) is 6.14. The monoisotopic (exact) mass is 299 g/mol. The van der Waals surface area contributed by atoms with Gasteiger partial charge in [-0.15, -0.1) is 0 Å². The largest absolute Gasteiger partial charge is 0.325 e. The zero-order valence-corrected chi connectivity index (χ0v) is 12.4. The number of sulfonamides is 1. The molecular weight excluding hydrogens is 278 g/mol. The maximum Gasteiger partial charge on any atom is 0.238 e. The van der Waals surface area contributed by atoms with E-state index in [-0.39, 0.29) is 17.3 Å². The Balaban J connectivity index is 2.39. The molecule has 0 saturated carbocycles. The van der Waals surface area contributed by atoms with Gasteiger partial charge in [0.2, 0.25) is 15.9 Å². The number of carbonyl (C=O) groups is 1. The van der Waals surface area contributed by atoms with E-state index in [0.29, 0.717) is 5.69 Å². The highest BCUT2D eigenvalue weighted by Crippen LogP contribution is 2.12. The number of amides is 1. The van der Waals surface area contributed by atoms with Crippen LogP contribution in [-0.4, -0.2) is 27.4 Å². The van der Waals surface area contributed by atoms with Crippen molar-refractivity contribution in [3.05, 3.63) is 24.3 Å². The van der Waals surface area contributed by atoms with E-state index in [1.54, 1.807) is 0 Å². The molecule has 1 rings (SSSR count). The second-order valence-electron chi connectivity index (χ2n) is 4.50. The van der Waals surface area contributed by atoms with Crippen molar-refractivity contribution in [1.29, 1.82) is 0 Å². The van der Waals surface area contributed by atoms with Crippen molar-refractivity contribution >= 4 is 21.6 Å². The van der Waals surface area contributed by atoms with Gasteiger partial charge in [-0.25, -0.2) is 13.6 Å². The van der Waals surface area contributed by atoms with Crippen molar-refractivity contribution in [3.8, 4) is 0 Å². The highest BCUT2D eigenvalue weighted by molar-refractivity contribution is 7.89. The van der Waals surface area contributed by atoms with Crippen LogP contribution >= 0.6 is 0 Å². The molecule has 6 nitrogen and oxygen atoms in total. The first-order chi connectivity index (χ1) is 9.43. The Labute approximate surface area is 119 Å². The van der Waals surface area contributed by atoms with Crippen molar-refractivity contribution < 1.29 is 13.2 Å². The molecule has 0 fully saturated rings. The third-order valence-electron chi connectivity index (χ3n) is 2.71. The lowest BCUT2D eigenvalue weighted by molar-refractivity contribution is -0.115. The minimum Gasteiger partial charge on any atom is -0.325 e. The van der Waals surface area contributed by atoms with Gasteiger partial charge >= 0.3 is 0 Å². The molecule has 20 heavy (non-hydrogen) atoms. The molecule has 112 valence electrons. The van der Waals surface area contributed by atoms with Crippen LogP contribution in [-0.2, 0) is 14.8 Å². The summed E-state index contributed by atoms with van der Waals surface area (Å²) < 4.78 is 22.1. The van der Waals surface area contributed by atoms with Gasteiger partial charge in [0.05, 0.1) is 11.4 Å². The van der Waals surface area contributed by atoms with Crippen molar-refractivity contribution in [2.45, 2.75) is 31.1 Å². The fraction of sp³-hybridized carbons (Fsp3) is 0.462. The van der Waals surface area contributed by atoms with E-state index in [1.807, 2.05) is 0 Å². The summed E-state index contributed by atoms with van der Waals surface area (Å²) >= 11 is 0. The smallest absolute Gasteiger partial charge is 0.238 e. The Kier molecular flexibility index (Phi) is 6.63. The summed E-state index contributed by atoms with van der Waals surface area (Å²) in [5.74, 6) is -0.162. The average molecular weight is 299 g/mol. The van der Waals surface area contributed by atoms with E-state index in [9.17, 15) is 13.2 Å². The van der Waals surface area contributed by atoms with Crippen LogP contribution in [0.1, 0.15) is 26.2 Å².